The number of hydrogen-bond acceptors (Lipinski definition) is 3. The molecule has 1 aromatic carbocycles. The molecule has 0 bridgehead atoms. The second-order valence-electron chi connectivity index (χ2n) is 10.9. The van der Waals surface area contributed by atoms with Crippen molar-refractivity contribution in [3.63, 3.8) is 0 Å². The van der Waals surface area contributed by atoms with Gasteiger partial charge < -0.3 is 5.32 Å². The molecule has 1 aromatic heterocycles. The van der Waals surface area contributed by atoms with Gasteiger partial charge in [-0.15, -0.1) is 0 Å². The van der Waals surface area contributed by atoms with Crippen molar-refractivity contribution in [3.8, 4) is 0 Å². The number of amides is 2. The van der Waals surface area contributed by atoms with Gasteiger partial charge in [-0.25, -0.2) is 0 Å². The van der Waals surface area contributed by atoms with Crippen LogP contribution in [0.4, 0.5) is 5.69 Å². The van der Waals surface area contributed by atoms with E-state index in [1.807, 2.05) is 25.1 Å². The predicted molar refractivity (Wildman–Crippen MR) is 136 cm³/mol. The fraction of sp³-hybridized carbons (Fsp3) is 0.607. The Morgan fingerprint density at radius 1 is 1.00 bits per heavy atom. The molecule has 2 heterocycles. The Bertz CT molecular complexity index is 1020. The van der Waals surface area contributed by atoms with Crippen molar-refractivity contribution in [1.29, 1.82) is 0 Å². The molecule has 0 saturated heterocycles. The summed E-state index contributed by atoms with van der Waals surface area (Å²) in [6.45, 7) is 10.7. The first-order chi connectivity index (χ1) is 16.2. The van der Waals surface area contributed by atoms with Crippen LogP contribution in [-0.4, -0.2) is 33.2 Å². The average molecular weight is 465 g/mol. The first-order valence-electron chi connectivity index (χ1n) is 13.0. The first-order valence-corrected chi connectivity index (χ1v) is 13.0. The zero-order valence-electron chi connectivity index (χ0n) is 21.4. The third-order valence-electron chi connectivity index (χ3n) is 7.51. The number of anilines is 1. The summed E-state index contributed by atoms with van der Waals surface area (Å²) < 4.78 is 1.74. The van der Waals surface area contributed by atoms with Crippen molar-refractivity contribution in [2.75, 3.05) is 4.90 Å². The van der Waals surface area contributed by atoms with Crippen LogP contribution >= 0.6 is 0 Å². The maximum Gasteiger partial charge on any atom is 0.277 e. The van der Waals surface area contributed by atoms with Crippen LogP contribution in [0.25, 0.3) is 0 Å². The summed E-state index contributed by atoms with van der Waals surface area (Å²) in [5.41, 5.74) is 2.33. The van der Waals surface area contributed by atoms with Crippen LogP contribution in [0.5, 0.6) is 0 Å². The van der Waals surface area contributed by atoms with Crippen LogP contribution in [0.2, 0.25) is 0 Å². The quantitative estimate of drug-likeness (QED) is 0.610. The van der Waals surface area contributed by atoms with Gasteiger partial charge in [-0.2, -0.15) is 5.10 Å². The number of benzene rings is 1. The summed E-state index contributed by atoms with van der Waals surface area (Å²) in [6.07, 6.45) is 8.03. The SMILES string of the molecule is CC(C)c1ccc(N2C(=O)c3cc(C(C)C)nn3CC2(C)C(=O)NC2CCCCCCC2)cc1. The maximum absolute atomic E-state index is 13.9. The molecule has 1 atom stereocenters. The number of nitrogens with one attached hydrogen (secondary N) is 1. The van der Waals surface area contributed by atoms with E-state index in [4.69, 9.17) is 5.10 Å². The standard InChI is InChI=1S/C28H40N4O2/c1-19(2)21-13-15-23(16-14-21)32-26(33)25-17-24(20(3)4)30-31(25)18-28(32,5)27(34)29-22-11-9-7-6-8-10-12-22/h13-17,19-20,22H,6-12,18H2,1-5H3,(H,29,34). The number of aromatic nitrogens is 2. The van der Waals surface area contributed by atoms with Gasteiger partial charge in [-0.05, 0) is 55.4 Å². The maximum atomic E-state index is 13.9. The smallest absolute Gasteiger partial charge is 0.277 e. The van der Waals surface area contributed by atoms with Gasteiger partial charge in [-0.1, -0.05) is 71.9 Å². The van der Waals surface area contributed by atoms with E-state index in [9.17, 15) is 9.59 Å². The average Bonchev–Trinajstić information content (AvgIpc) is 3.20. The molecule has 1 unspecified atom stereocenters. The second kappa shape index (κ2) is 9.93. The lowest BCUT2D eigenvalue weighted by molar-refractivity contribution is -0.127. The first kappa shape index (κ1) is 24.5. The fourth-order valence-electron chi connectivity index (χ4n) is 5.24. The van der Waals surface area contributed by atoms with E-state index < -0.39 is 5.54 Å². The van der Waals surface area contributed by atoms with Crippen molar-refractivity contribution in [3.05, 3.63) is 47.3 Å². The number of rotatable bonds is 5. The second-order valence-corrected chi connectivity index (χ2v) is 10.9. The normalized spacial score (nSPS) is 22.0. The molecule has 2 amide bonds. The van der Waals surface area contributed by atoms with Crippen LogP contribution in [0, 0.1) is 0 Å². The molecule has 6 nitrogen and oxygen atoms in total. The van der Waals surface area contributed by atoms with Crippen molar-refractivity contribution in [2.45, 2.75) is 110 Å². The summed E-state index contributed by atoms with van der Waals surface area (Å²) in [7, 11) is 0. The number of hydrogen-bond donors (Lipinski definition) is 1. The molecule has 1 saturated carbocycles. The Morgan fingerprint density at radius 2 is 1.62 bits per heavy atom. The minimum absolute atomic E-state index is 0.0911. The van der Waals surface area contributed by atoms with Crippen LogP contribution in [0.3, 0.4) is 0 Å². The Kier molecular flexibility index (Phi) is 7.15. The fourth-order valence-corrected chi connectivity index (χ4v) is 5.24. The van der Waals surface area contributed by atoms with E-state index in [2.05, 4.69) is 45.1 Å². The highest BCUT2D eigenvalue weighted by Crippen LogP contribution is 2.34. The molecular formula is C28H40N4O2. The van der Waals surface area contributed by atoms with Crippen molar-refractivity contribution >= 4 is 17.5 Å². The molecule has 184 valence electrons. The number of fused-ring (bicyclic) bond motifs is 1. The Morgan fingerprint density at radius 3 is 2.21 bits per heavy atom. The minimum Gasteiger partial charge on any atom is -0.351 e. The van der Waals surface area contributed by atoms with Gasteiger partial charge >= 0.3 is 0 Å². The van der Waals surface area contributed by atoms with E-state index in [0.717, 1.165) is 37.1 Å². The van der Waals surface area contributed by atoms with Crippen molar-refractivity contribution in [2.24, 2.45) is 0 Å². The largest absolute Gasteiger partial charge is 0.351 e. The molecule has 1 fully saturated rings. The summed E-state index contributed by atoms with van der Waals surface area (Å²) in [6, 6.07) is 10.1. The molecule has 1 N–H and O–H groups in total. The Balaban J connectivity index is 1.71. The molecule has 1 aliphatic heterocycles. The topological polar surface area (TPSA) is 67.2 Å². The van der Waals surface area contributed by atoms with Crippen molar-refractivity contribution < 1.29 is 9.59 Å². The van der Waals surface area contributed by atoms with E-state index in [0.29, 0.717) is 18.2 Å². The molecule has 6 heteroatoms. The van der Waals surface area contributed by atoms with E-state index >= 15 is 0 Å². The van der Waals surface area contributed by atoms with Gasteiger partial charge in [0.2, 0.25) is 5.91 Å². The van der Waals surface area contributed by atoms with Gasteiger partial charge in [0, 0.05) is 11.7 Å². The summed E-state index contributed by atoms with van der Waals surface area (Å²) in [4.78, 5) is 29.5. The zero-order valence-corrected chi connectivity index (χ0v) is 21.4. The lowest BCUT2D eigenvalue weighted by Crippen LogP contribution is -2.65. The van der Waals surface area contributed by atoms with Crippen LogP contribution in [-0.2, 0) is 11.3 Å². The molecule has 1 aliphatic carbocycles. The highest BCUT2D eigenvalue weighted by molar-refractivity contribution is 6.11. The lowest BCUT2D eigenvalue weighted by atomic mass is 9.91. The van der Waals surface area contributed by atoms with E-state index in [1.54, 1.807) is 9.58 Å². The van der Waals surface area contributed by atoms with Gasteiger partial charge in [0.15, 0.2) is 0 Å². The summed E-state index contributed by atoms with van der Waals surface area (Å²) >= 11 is 0. The van der Waals surface area contributed by atoms with Gasteiger partial charge in [0.05, 0.1) is 12.2 Å². The van der Waals surface area contributed by atoms with Crippen LogP contribution in [0.1, 0.15) is 113 Å². The highest BCUT2D eigenvalue weighted by atomic mass is 16.2. The minimum atomic E-state index is -1.06. The molecular weight excluding hydrogens is 424 g/mol. The third kappa shape index (κ3) is 4.77. The molecule has 2 aromatic rings. The molecule has 2 aliphatic rings. The number of carbonyl (C=O) groups is 2. The van der Waals surface area contributed by atoms with Gasteiger partial charge in [-0.3, -0.25) is 19.2 Å². The zero-order chi connectivity index (χ0) is 24.5. The van der Waals surface area contributed by atoms with Gasteiger partial charge in [0.1, 0.15) is 11.2 Å². The number of nitrogens with zero attached hydrogens (tertiary/aromatic N) is 3. The van der Waals surface area contributed by atoms with Crippen LogP contribution in [0.15, 0.2) is 30.3 Å². The van der Waals surface area contributed by atoms with Gasteiger partial charge in [0.25, 0.3) is 5.91 Å². The van der Waals surface area contributed by atoms with Crippen molar-refractivity contribution in [1.82, 2.24) is 15.1 Å². The predicted octanol–water partition coefficient (Wildman–Crippen LogP) is 5.78. The summed E-state index contributed by atoms with van der Waals surface area (Å²) in [5.74, 6) is 0.347. The Hall–Kier alpha value is -2.63. The molecule has 0 radical (unpaired) electrons. The molecule has 0 spiro atoms. The third-order valence-corrected chi connectivity index (χ3v) is 7.51. The monoisotopic (exact) mass is 464 g/mol. The molecule has 34 heavy (non-hydrogen) atoms. The van der Waals surface area contributed by atoms with Crippen LogP contribution < -0.4 is 10.2 Å². The Labute approximate surface area is 204 Å². The lowest BCUT2D eigenvalue weighted by Gasteiger charge is -2.44. The molecule has 4 rings (SSSR count). The number of carbonyl (C=O) groups excluding carboxylic acids is 2. The highest BCUT2D eigenvalue weighted by Gasteiger charge is 2.49. The van der Waals surface area contributed by atoms with E-state index in [1.165, 1.54) is 24.8 Å². The van der Waals surface area contributed by atoms with E-state index in [-0.39, 0.29) is 23.8 Å². The summed E-state index contributed by atoms with van der Waals surface area (Å²) in [5, 5.41) is 8.04.